The Morgan fingerprint density at radius 1 is 0.738 bits per heavy atom. The second-order valence-corrected chi connectivity index (χ2v) is 9.29. The van der Waals surface area contributed by atoms with Crippen LogP contribution in [0.4, 0.5) is 10.5 Å². The molecule has 3 rings (SSSR count). The maximum absolute atomic E-state index is 11.7. The molecular formula is C27H37ClN4O10. The summed E-state index contributed by atoms with van der Waals surface area (Å²) < 4.78 is 5.07. The van der Waals surface area contributed by atoms with Gasteiger partial charge in [0.1, 0.15) is 0 Å². The van der Waals surface area contributed by atoms with Gasteiger partial charge in [-0.1, -0.05) is 17.7 Å². The van der Waals surface area contributed by atoms with Gasteiger partial charge in [0.2, 0.25) is 0 Å². The number of anilines is 1. The van der Waals surface area contributed by atoms with E-state index in [9.17, 15) is 24.0 Å². The lowest BCUT2D eigenvalue weighted by molar-refractivity contribution is -0.134. The zero-order chi connectivity index (χ0) is 31.5. The van der Waals surface area contributed by atoms with Crippen LogP contribution in [0.1, 0.15) is 6.92 Å². The van der Waals surface area contributed by atoms with E-state index in [1.165, 1.54) is 5.69 Å². The van der Waals surface area contributed by atoms with Crippen LogP contribution in [0.15, 0.2) is 48.6 Å². The van der Waals surface area contributed by atoms with E-state index in [1.807, 2.05) is 30.0 Å². The molecular weight excluding hydrogens is 576 g/mol. The van der Waals surface area contributed by atoms with Gasteiger partial charge >= 0.3 is 30.0 Å². The number of rotatable bonds is 9. The SMILES string of the molecule is CCOC(=O)N1CCN(CCN2CCN(c3cccc(Cl)c3)CC2)CC1.O=C(O)/C=C/C(=O)O.O=C(O)/C=C/C(=O)O. The molecule has 0 atom stereocenters. The number of ether oxygens (including phenoxy) is 1. The first-order valence-corrected chi connectivity index (χ1v) is 13.4. The molecule has 232 valence electrons. The topological polar surface area (TPSA) is 188 Å². The molecule has 0 unspecified atom stereocenters. The molecule has 42 heavy (non-hydrogen) atoms. The van der Waals surface area contributed by atoms with Gasteiger partial charge in [-0.2, -0.15) is 0 Å². The van der Waals surface area contributed by atoms with Crippen molar-refractivity contribution in [2.75, 3.05) is 77.0 Å². The van der Waals surface area contributed by atoms with Crippen molar-refractivity contribution in [3.63, 3.8) is 0 Å². The van der Waals surface area contributed by atoms with Crippen LogP contribution in [0.25, 0.3) is 0 Å². The van der Waals surface area contributed by atoms with E-state index in [0.29, 0.717) is 30.9 Å². The minimum absolute atomic E-state index is 0.177. The van der Waals surface area contributed by atoms with Crippen molar-refractivity contribution in [2.24, 2.45) is 0 Å². The Morgan fingerprint density at radius 2 is 1.17 bits per heavy atom. The molecule has 2 fully saturated rings. The summed E-state index contributed by atoms with van der Waals surface area (Å²) in [5.41, 5.74) is 1.22. The number of carboxylic acids is 4. The zero-order valence-corrected chi connectivity index (χ0v) is 24.1. The van der Waals surface area contributed by atoms with Crippen LogP contribution in [-0.2, 0) is 23.9 Å². The van der Waals surface area contributed by atoms with Crippen LogP contribution in [0.3, 0.4) is 0 Å². The highest BCUT2D eigenvalue weighted by atomic mass is 35.5. The van der Waals surface area contributed by atoms with Crippen LogP contribution in [0.5, 0.6) is 0 Å². The van der Waals surface area contributed by atoms with Crippen molar-refractivity contribution in [2.45, 2.75) is 6.92 Å². The van der Waals surface area contributed by atoms with Crippen LogP contribution >= 0.6 is 11.6 Å². The summed E-state index contributed by atoms with van der Waals surface area (Å²) >= 11 is 6.10. The molecule has 2 heterocycles. The minimum Gasteiger partial charge on any atom is -0.478 e. The Hall–Kier alpha value is -4.14. The highest BCUT2D eigenvalue weighted by molar-refractivity contribution is 6.30. The lowest BCUT2D eigenvalue weighted by Gasteiger charge is -2.38. The molecule has 1 amide bonds. The van der Waals surface area contributed by atoms with E-state index in [4.69, 9.17) is 36.8 Å². The van der Waals surface area contributed by atoms with Crippen molar-refractivity contribution in [1.82, 2.24) is 14.7 Å². The fraction of sp³-hybridized carbons (Fsp3) is 0.444. The summed E-state index contributed by atoms with van der Waals surface area (Å²) in [5.74, 6) is -5.03. The van der Waals surface area contributed by atoms with E-state index in [0.717, 1.165) is 70.5 Å². The van der Waals surface area contributed by atoms with E-state index in [1.54, 1.807) is 0 Å². The average molecular weight is 613 g/mol. The lowest BCUT2D eigenvalue weighted by Crippen LogP contribution is -2.52. The van der Waals surface area contributed by atoms with Gasteiger partial charge in [-0.3, -0.25) is 9.80 Å². The van der Waals surface area contributed by atoms with Crippen molar-refractivity contribution >= 4 is 47.3 Å². The number of carboxylic acid groups (broad SMARTS) is 4. The van der Waals surface area contributed by atoms with Crippen LogP contribution in [0, 0.1) is 0 Å². The van der Waals surface area contributed by atoms with E-state index < -0.39 is 23.9 Å². The summed E-state index contributed by atoms with van der Waals surface area (Å²) in [4.78, 5) is 59.1. The monoisotopic (exact) mass is 612 g/mol. The molecule has 2 aliphatic rings. The largest absolute Gasteiger partial charge is 0.478 e. The fourth-order valence-corrected chi connectivity index (χ4v) is 4.02. The smallest absolute Gasteiger partial charge is 0.409 e. The number of amides is 1. The summed E-state index contributed by atoms with van der Waals surface area (Å²) in [7, 11) is 0. The molecule has 14 nitrogen and oxygen atoms in total. The molecule has 2 saturated heterocycles. The molecule has 0 radical (unpaired) electrons. The highest BCUT2D eigenvalue weighted by Gasteiger charge is 2.23. The Kier molecular flexibility index (Phi) is 17.0. The summed E-state index contributed by atoms with van der Waals surface area (Å²) in [6, 6.07) is 8.10. The number of piperazine rings is 2. The lowest BCUT2D eigenvalue weighted by atomic mass is 10.2. The molecule has 2 aliphatic heterocycles. The Bertz CT molecular complexity index is 1030. The van der Waals surface area contributed by atoms with E-state index in [2.05, 4.69) is 20.8 Å². The maximum atomic E-state index is 11.7. The standard InChI is InChI=1S/C19H29ClN4O2.2C4H4O4/c1-2-26-19(25)24-14-10-22(11-15-24)7-6-21-8-12-23(13-9-21)18-5-3-4-17(20)16-18;2*5-3(6)1-2-4(7)8/h3-5,16H,2,6-15H2,1H3;2*1-2H,(H,5,6)(H,7,8)/b;2*2-1+. The van der Waals surface area contributed by atoms with Crippen molar-refractivity contribution in [3.8, 4) is 0 Å². The number of aliphatic carboxylic acids is 4. The number of benzene rings is 1. The number of carbonyl (C=O) groups is 5. The first kappa shape index (κ1) is 35.9. The zero-order valence-electron chi connectivity index (χ0n) is 23.3. The van der Waals surface area contributed by atoms with E-state index in [-0.39, 0.29) is 6.09 Å². The van der Waals surface area contributed by atoms with Gasteiger partial charge in [-0.15, -0.1) is 0 Å². The van der Waals surface area contributed by atoms with Crippen molar-refractivity contribution < 1.29 is 49.1 Å². The number of hydrogen-bond donors (Lipinski definition) is 4. The summed E-state index contributed by atoms with van der Waals surface area (Å²) in [6.45, 7) is 12.1. The first-order chi connectivity index (χ1) is 19.9. The molecule has 0 bridgehead atoms. The number of carbonyl (C=O) groups excluding carboxylic acids is 1. The first-order valence-electron chi connectivity index (χ1n) is 13.1. The Morgan fingerprint density at radius 3 is 1.55 bits per heavy atom. The third-order valence-electron chi connectivity index (χ3n) is 5.91. The normalized spacial score (nSPS) is 15.8. The van der Waals surface area contributed by atoms with Crippen LogP contribution < -0.4 is 4.90 Å². The highest BCUT2D eigenvalue weighted by Crippen LogP contribution is 2.20. The molecule has 0 aliphatic carbocycles. The molecule has 1 aromatic rings. The molecule has 1 aromatic carbocycles. The molecule has 0 saturated carbocycles. The van der Waals surface area contributed by atoms with Gasteiger partial charge in [-0.25, -0.2) is 24.0 Å². The van der Waals surface area contributed by atoms with Gasteiger partial charge in [0.25, 0.3) is 0 Å². The maximum Gasteiger partial charge on any atom is 0.409 e. The van der Waals surface area contributed by atoms with Crippen molar-refractivity contribution in [1.29, 1.82) is 0 Å². The molecule has 4 N–H and O–H groups in total. The summed E-state index contributed by atoms with van der Waals surface area (Å²) in [6.07, 6.45) is 2.05. The van der Waals surface area contributed by atoms with Crippen LogP contribution in [-0.4, -0.2) is 137 Å². The average Bonchev–Trinajstić information content (AvgIpc) is 2.95. The van der Waals surface area contributed by atoms with Gasteiger partial charge in [0.15, 0.2) is 0 Å². The third kappa shape index (κ3) is 16.2. The van der Waals surface area contributed by atoms with Gasteiger partial charge in [0.05, 0.1) is 6.61 Å². The minimum atomic E-state index is -1.26. The second kappa shape index (κ2) is 19.9. The van der Waals surface area contributed by atoms with Gasteiger partial charge < -0.3 is 35.0 Å². The van der Waals surface area contributed by atoms with E-state index >= 15 is 0 Å². The number of hydrogen-bond acceptors (Lipinski definition) is 9. The quantitative estimate of drug-likeness (QED) is 0.295. The van der Waals surface area contributed by atoms with Crippen molar-refractivity contribution in [3.05, 3.63) is 53.6 Å². The number of nitrogens with zero attached hydrogens (tertiary/aromatic N) is 4. The van der Waals surface area contributed by atoms with Gasteiger partial charge in [-0.05, 0) is 25.1 Å². The molecule has 0 aromatic heterocycles. The second-order valence-electron chi connectivity index (χ2n) is 8.86. The summed E-state index contributed by atoms with van der Waals surface area (Å²) in [5, 5.41) is 32.0. The Balaban J connectivity index is 0.000000454. The van der Waals surface area contributed by atoms with Gasteiger partial charge in [0, 0.05) is 100 Å². The molecule has 0 spiro atoms. The molecule has 15 heteroatoms. The fourth-order valence-electron chi connectivity index (χ4n) is 3.84. The Labute approximate surface area is 248 Å². The predicted octanol–water partition coefficient (Wildman–Crippen LogP) is 1.66. The predicted molar refractivity (Wildman–Crippen MR) is 154 cm³/mol. The number of halogens is 1. The third-order valence-corrected chi connectivity index (χ3v) is 6.15. The van der Waals surface area contributed by atoms with Crippen LogP contribution in [0.2, 0.25) is 5.02 Å².